The molecule has 0 aliphatic carbocycles. The molecule has 1 aliphatic rings. The highest BCUT2D eigenvalue weighted by Crippen LogP contribution is 2.34. The first-order chi connectivity index (χ1) is 9.51. The van der Waals surface area contributed by atoms with E-state index in [2.05, 4.69) is 10.6 Å². The van der Waals surface area contributed by atoms with Crippen LogP contribution in [0.3, 0.4) is 0 Å². The molecule has 1 aromatic rings. The minimum Gasteiger partial charge on any atom is -0.394 e. The molecule has 0 spiro atoms. The average molecular weight is 281 g/mol. The van der Waals surface area contributed by atoms with Gasteiger partial charge >= 0.3 is 0 Å². The largest absolute Gasteiger partial charge is 0.394 e. The predicted molar refractivity (Wildman–Crippen MR) is 71.6 cm³/mol. The molecule has 1 aromatic carbocycles. The first-order valence-corrected chi connectivity index (χ1v) is 6.15. The highest BCUT2D eigenvalue weighted by molar-refractivity contribution is 5.95. The lowest BCUT2D eigenvalue weighted by Crippen LogP contribution is -2.24. The van der Waals surface area contributed by atoms with E-state index in [1.165, 1.54) is 12.1 Å². The minimum atomic E-state index is -1.01. The van der Waals surface area contributed by atoms with Gasteiger partial charge in [0.05, 0.1) is 17.6 Å². The third-order valence-corrected chi connectivity index (χ3v) is 3.05. The lowest BCUT2D eigenvalue weighted by molar-refractivity contribution is -0.384. The van der Waals surface area contributed by atoms with Gasteiger partial charge in [0.1, 0.15) is 5.69 Å². The molecule has 1 amide bonds. The molecule has 8 heteroatoms. The normalized spacial score (nSPS) is 15.2. The van der Waals surface area contributed by atoms with Crippen LogP contribution in [-0.4, -0.2) is 40.3 Å². The number of aryl methyl sites for hydroxylation is 1. The summed E-state index contributed by atoms with van der Waals surface area (Å²) >= 11 is 0. The van der Waals surface area contributed by atoms with Crippen molar-refractivity contribution >= 4 is 23.0 Å². The Hall–Kier alpha value is -2.19. The van der Waals surface area contributed by atoms with Crippen LogP contribution in [-0.2, 0) is 11.2 Å². The van der Waals surface area contributed by atoms with Crippen molar-refractivity contribution in [2.24, 2.45) is 0 Å². The van der Waals surface area contributed by atoms with Crippen molar-refractivity contribution in [1.82, 2.24) is 0 Å². The van der Waals surface area contributed by atoms with Crippen LogP contribution in [0, 0.1) is 10.1 Å². The minimum absolute atomic E-state index is 0.0237. The number of fused-ring (bicyclic) bond motifs is 1. The number of aliphatic hydroxyl groups excluding tert-OH is 2. The lowest BCUT2D eigenvalue weighted by atomic mass is 10.0. The Balaban J connectivity index is 2.30. The fourth-order valence-electron chi connectivity index (χ4n) is 2.00. The maximum absolute atomic E-state index is 11.3. The van der Waals surface area contributed by atoms with Crippen molar-refractivity contribution in [3.05, 3.63) is 27.8 Å². The predicted octanol–water partition coefficient (Wildman–Crippen LogP) is 0.245. The van der Waals surface area contributed by atoms with Crippen molar-refractivity contribution in [1.29, 1.82) is 0 Å². The van der Waals surface area contributed by atoms with Crippen LogP contribution in [0.5, 0.6) is 0 Å². The topological polar surface area (TPSA) is 125 Å². The zero-order valence-corrected chi connectivity index (χ0v) is 10.6. The number of amides is 1. The zero-order chi connectivity index (χ0) is 14.7. The van der Waals surface area contributed by atoms with E-state index in [-0.39, 0.29) is 23.8 Å². The number of carbonyl (C=O) groups is 1. The van der Waals surface area contributed by atoms with Crippen molar-refractivity contribution in [2.75, 3.05) is 23.8 Å². The molecule has 4 N–H and O–H groups in total. The molecule has 0 fully saturated rings. The fourth-order valence-corrected chi connectivity index (χ4v) is 2.00. The Morgan fingerprint density at radius 2 is 2.20 bits per heavy atom. The molecule has 1 atom stereocenters. The third-order valence-electron chi connectivity index (χ3n) is 3.05. The van der Waals surface area contributed by atoms with Crippen LogP contribution in [0.25, 0.3) is 0 Å². The lowest BCUT2D eigenvalue weighted by Gasteiger charge is -2.18. The van der Waals surface area contributed by atoms with Gasteiger partial charge in [-0.3, -0.25) is 14.9 Å². The van der Waals surface area contributed by atoms with Gasteiger partial charge in [-0.2, -0.15) is 0 Å². The smallest absolute Gasteiger partial charge is 0.292 e. The Morgan fingerprint density at radius 1 is 1.45 bits per heavy atom. The third kappa shape index (κ3) is 3.03. The summed E-state index contributed by atoms with van der Waals surface area (Å²) in [5.41, 5.74) is 1.32. The van der Waals surface area contributed by atoms with E-state index < -0.39 is 17.6 Å². The summed E-state index contributed by atoms with van der Waals surface area (Å²) in [5, 5.41) is 34.4. The average Bonchev–Trinajstić information content (AvgIpc) is 2.43. The molecule has 108 valence electrons. The van der Waals surface area contributed by atoms with Crippen LogP contribution in [0.2, 0.25) is 0 Å². The molecule has 2 rings (SSSR count). The molecule has 0 saturated heterocycles. The van der Waals surface area contributed by atoms with Gasteiger partial charge in [0.25, 0.3) is 5.69 Å². The number of anilines is 2. The molecule has 8 nitrogen and oxygen atoms in total. The maximum atomic E-state index is 11.3. The van der Waals surface area contributed by atoms with Gasteiger partial charge in [-0.15, -0.1) is 0 Å². The number of nitro groups is 1. The molecular formula is C12H15N3O5. The van der Waals surface area contributed by atoms with Crippen LogP contribution in [0.4, 0.5) is 17.1 Å². The number of aliphatic hydroxyl groups is 2. The molecular weight excluding hydrogens is 266 g/mol. The van der Waals surface area contributed by atoms with E-state index in [1.807, 2.05) is 0 Å². The summed E-state index contributed by atoms with van der Waals surface area (Å²) in [6.45, 7) is -0.466. The van der Waals surface area contributed by atoms with Crippen molar-refractivity contribution in [2.45, 2.75) is 18.9 Å². The first-order valence-electron chi connectivity index (χ1n) is 6.15. The summed E-state index contributed by atoms with van der Waals surface area (Å²) in [7, 11) is 0. The summed E-state index contributed by atoms with van der Waals surface area (Å²) in [6.07, 6.45) is -0.248. The van der Waals surface area contributed by atoms with Gasteiger partial charge in [-0.1, -0.05) is 0 Å². The maximum Gasteiger partial charge on any atom is 0.292 e. The monoisotopic (exact) mass is 281 g/mol. The molecule has 20 heavy (non-hydrogen) atoms. The number of hydrogen-bond acceptors (Lipinski definition) is 6. The molecule has 0 bridgehead atoms. The standard InChI is InChI=1S/C12H15N3O5/c16-6-8(17)5-13-10-4-9-7(1-2-12(18)14-9)3-11(10)15(19)20/h3-4,8,13,16-17H,1-2,5-6H2,(H,14,18). The number of rotatable bonds is 5. The first kappa shape index (κ1) is 14.2. The number of hydrogen-bond donors (Lipinski definition) is 4. The van der Waals surface area contributed by atoms with Crippen LogP contribution >= 0.6 is 0 Å². The summed E-state index contributed by atoms with van der Waals surface area (Å²) < 4.78 is 0. The Labute approximate surface area is 114 Å². The molecule has 0 saturated carbocycles. The van der Waals surface area contributed by atoms with Gasteiger partial charge in [0.2, 0.25) is 5.91 Å². The van der Waals surface area contributed by atoms with Crippen molar-refractivity contribution in [3.63, 3.8) is 0 Å². The van der Waals surface area contributed by atoms with Gasteiger partial charge in [-0.05, 0) is 18.1 Å². The summed E-state index contributed by atoms with van der Waals surface area (Å²) in [5.74, 6) is -0.132. The quantitative estimate of drug-likeness (QED) is 0.453. The zero-order valence-electron chi connectivity index (χ0n) is 10.6. The Morgan fingerprint density at radius 3 is 2.85 bits per heavy atom. The SMILES string of the molecule is O=C1CCc2cc([N+](=O)[O-])c(NCC(O)CO)cc2N1. The van der Waals surface area contributed by atoms with Crippen LogP contribution in [0.1, 0.15) is 12.0 Å². The highest BCUT2D eigenvalue weighted by Gasteiger charge is 2.22. The van der Waals surface area contributed by atoms with E-state index in [1.54, 1.807) is 0 Å². The number of nitrogens with one attached hydrogen (secondary N) is 2. The van der Waals surface area contributed by atoms with Crippen LogP contribution < -0.4 is 10.6 Å². The molecule has 0 radical (unpaired) electrons. The second-order valence-corrected chi connectivity index (χ2v) is 4.55. The van der Waals surface area contributed by atoms with E-state index >= 15 is 0 Å². The summed E-state index contributed by atoms with van der Waals surface area (Å²) in [4.78, 5) is 21.9. The molecule has 0 aromatic heterocycles. The van der Waals surface area contributed by atoms with Crippen LogP contribution in [0.15, 0.2) is 12.1 Å². The molecule has 1 aliphatic heterocycles. The number of nitro benzene ring substituents is 1. The van der Waals surface area contributed by atoms with Gasteiger partial charge < -0.3 is 20.8 Å². The van der Waals surface area contributed by atoms with E-state index in [9.17, 15) is 20.0 Å². The number of carbonyl (C=O) groups excluding carboxylic acids is 1. The van der Waals surface area contributed by atoms with Crippen molar-refractivity contribution < 1.29 is 19.9 Å². The van der Waals surface area contributed by atoms with Crippen molar-refractivity contribution in [3.8, 4) is 0 Å². The highest BCUT2D eigenvalue weighted by atomic mass is 16.6. The number of benzene rings is 1. The summed E-state index contributed by atoms with van der Waals surface area (Å²) in [6, 6.07) is 2.90. The molecule has 1 heterocycles. The van der Waals surface area contributed by atoms with Gasteiger partial charge in [0, 0.05) is 24.7 Å². The fraction of sp³-hybridized carbons (Fsp3) is 0.417. The van der Waals surface area contributed by atoms with E-state index in [0.717, 1.165) is 0 Å². The Kier molecular flexibility index (Phi) is 4.16. The van der Waals surface area contributed by atoms with Gasteiger partial charge in [0.15, 0.2) is 0 Å². The molecule has 1 unspecified atom stereocenters. The second-order valence-electron chi connectivity index (χ2n) is 4.55. The second kappa shape index (κ2) is 5.85. The Bertz CT molecular complexity index is 546. The number of nitrogens with zero attached hydrogens (tertiary/aromatic N) is 1. The van der Waals surface area contributed by atoms with Gasteiger partial charge in [-0.25, -0.2) is 0 Å². The van der Waals surface area contributed by atoms with E-state index in [0.29, 0.717) is 24.1 Å². The van der Waals surface area contributed by atoms with E-state index in [4.69, 9.17) is 5.11 Å².